The number of hydrogen-bond acceptors (Lipinski definition) is 3. The third-order valence-electron chi connectivity index (χ3n) is 2.79. The molecule has 0 aromatic heterocycles. The second-order valence-electron chi connectivity index (χ2n) is 4.20. The fraction of sp³-hybridized carbons (Fsp3) is 0.0769. The third-order valence-corrected chi connectivity index (χ3v) is 4.30. The minimum Gasteiger partial charge on any atom is -0.398 e. The van der Waals surface area contributed by atoms with Gasteiger partial charge < -0.3 is 5.73 Å². The molecular weight excluding hydrogens is 286 g/mol. The highest BCUT2D eigenvalue weighted by Crippen LogP contribution is 2.24. The van der Waals surface area contributed by atoms with Crippen molar-refractivity contribution in [3.8, 4) is 0 Å². The van der Waals surface area contributed by atoms with E-state index in [4.69, 9.17) is 5.73 Å². The lowest BCUT2D eigenvalue weighted by Crippen LogP contribution is -2.16. The van der Waals surface area contributed by atoms with Crippen molar-refractivity contribution >= 4 is 21.4 Å². The molecule has 106 valence electrons. The van der Waals surface area contributed by atoms with Gasteiger partial charge in [0.05, 0.1) is 10.6 Å². The first-order valence-corrected chi connectivity index (χ1v) is 7.12. The number of hydrogen-bond donors (Lipinski definition) is 2. The van der Waals surface area contributed by atoms with Crippen LogP contribution in [0.15, 0.2) is 41.3 Å². The summed E-state index contributed by atoms with van der Waals surface area (Å²) < 4.78 is 52.9. The summed E-state index contributed by atoms with van der Waals surface area (Å²) in [5.74, 6) is -1.61. The Morgan fingerprint density at radius 2 is 1.85 bits per heavy atom. The zero-order valence-electron chi connectivity index (χ0n) is 10.5. The summed E-state index contributed by atoms with van der Waals surface area (Å²) in [7, 11) is -4.04. The smallest absolute Gasteiger partial charge is 0.262 e. The van der Waals surface area contributed by atoms with Crippen LogP contribution in [0.4, 0.5) is 20.2 Å². The van der Waals surface area contributed by atoms with Crippen LogP contribution < -0.4 is 10.5 Å². The van der Waals surface area contributed by atoms with Crippen molar-refractivity contribution in [1.29, 1.82) is 0 Å². The van der Waals surface area contributed by atoms with Crippen LogP contribution in [0.25, 0.3) is 0 Å². The molecule has 0 amide bonds. The van der Waals surface area contributed by atoms with E-state index in [0.29, 0.717) is 11.3 Å². The number of nitrogens with two attached hydrogens (primary N) is 1. The van der Waals surface area contributed by atoms with E-state index >= 15 is 0 Å². The molecule has 0 radical (unpaired) electrons. The van der Waals surface area contributed by atoms with Gasteiger partial charge in [0.25, 0.3) is 10.0 Å². The molecule has 2 aromatic carbocycles. The van der Waals surface area contributed by atoms with Gasteiger partial charge in [0.2, 0.25) is 0 Å². The molecule has 0 saturated carbocycles. The lowest BCUT2D eigenvalue weighted by atomic mass is 10.2. The fourth-order valence-corrected chi connectivity index (χ4v) is 3.03. The van der Waals surface area contributed by atoms with Crippen LogP contribution in [0.5, 0.6) is 0 Å². The van der Waals surface area contributed by atoms with Gasteiger partial charge in [-0.15, -0.1) is 0 Å². The van der Waals surface area contributed by atoms with Gasteiger partial charge in [-0.3, -0.25) is 4.72 Å². The number of benzene rings is 2. The molecule has 0 saturated heterocycles. The van der Waals surface area contributed by atoms with E-state index in [0.717, 1.165) is 18.2 Å². The van der Waals surface area contributed by atoms with Gasteiger partial charge in [-0.2, -0.15) is 0 Å². The Kier molecular flexibility index (Phi) is 3.63. The van der Waals surface area contributed by atoms with Crippen LogP contribution >= 0.6 is 0 Å². The predicted molar refractivity (Wildman–Crippen MR) is 72.8 cm³/mol. The van der Waals surface area contributed by atoms with Crippen molar-refractivity contribution in [1.82, 2.24) is 0 Å². The quantitative estimate of drug-likeness (QED) is 0.856. The molecule has 0 unspecified atom stereocenters. The van der Waals surface area contributed by atoms with Crippen LogP contribution in [0.3, 0.4) is 0 Å². The maximum Gasteiger partial charge on any atom is 0.262 e. The van der Waals surface area contributed by atoms with Crippen LogP contribution in [-0.2, 0) is 10.0 Å². The Morgan fingerprint density at radius 3 is 2.55 bits per heavy atom. The van der Waals surface area contributed by atoms with Gasteiger partial charge in [0, 0.05) is 11.8 Å². The number of sulfonamides is 1. The average molecular weight is 298 g/mol. The first-order valence-electron chi connectivity index (χ1n) is 5.64. The van der Waals surface area contributed by atoms with Crippen molar-refractivity contribution in [2.24, 2.45) is 0 Å². The van der Waals surface area contributed by atoms with Gasteiger partial charge in [-0.05, 0) is 36.8 Å². The van der Waals surface area contributed by atoms with E-state index in [9.17, 15) is 17.2 Å². The van der Waals surface area contributed by atoms with Crippen LogP contribution in [0.2, 0.25) is 0 Å². The second-order valence-corrected chi connectivity index (χ2v) is 5.85. The average Bonchev–Trinajstić information content (AvgIpc) is 2.36. The number of nitrogens with one attached hydrogen (secondary N) is 1. The molecule has 2 rings (SSSR count). The number of halogens is 2. The van der Waals surface area contributed by atoms with E-state index in [1.54, 1.807) is 6.07 Å². The van der Waals surface area contributed by atoms with E-state index < -0.39 is 27.3 Å². The van der Waals surface area contributed by atoms with Gasteiger partial charge in [0.1, 0.15) is 11.6 Å². The molecule has 0 heterocycles. The zero-order chi connectivity index (χ0) is 14.9. The van der Waals surface area contributed by atoms with E-state index in [2.05, 4.69) is 0 Å². The molecule has 0 aliphatic rings. The van der Waals surface area contributed by atoms with Crippen LogP contribution in [0.1, 0.15) is 5.56 Å². The summed E-state index contributed by atoms with van der Waals surface area (Å²) in [6.45, 7) is 1.53. The van der Waals surface area contributed by atoms with Crippen molar-refractivity contribution in [3.05, 3.63) is 53.6 Å². The summed E-state index contributed by atoms with van der Waals surface area (Å²) >= 11 is 0. The molecule has 0 fully saturated rings. The normalized spacial score (nSPS) is 11.3. The minimum absolute atomic E-state index is 0.0823. The molecule has 0 atom stereocenters. The van der Waals surface area contributed by atoms with Crippen molar-refractivity contribution in [2.75, 3.05) is 10.5 Å². The summed E-state index contributed by atoms with van der Waals surface area (Å²) in [6, 6.07) is 6.88. The maximum atomic E-state index is 13.5. The highest BCUT2D eigenvalue weighted by molar-refractivity contribution is 7.92. The summed E-state index contributed by atoms with van der Waals surface area (Å²) in [6.07, 6.45) is 0. The molecular formula is C13H12F2N2O2S. The minimum atomic E-state index is -4.04. The second kappa shape index (κ2) is 5.09. The lowest BCUT2D eigenvalue weighted by molar-refractivity contribution is 0.594. The van der Waals surface area contributed by atoms with E-state index in [1.165, 1.54) is 19.1 Å². The molecule has 0 bridgehead atoms. The third kappa shape index (κ3) is 2.72. The first kappa shape index (κ1) is 14.3. The molecule has 0 aliphatic carbocycles. The Hall–Kier alpha value is -2.15. The summed E-state index contributed by atoms with van der Waals surface area (Å²) in [4.78, 5) is -0.0823. The van der Waals surface area contributed by atoms with Crippen LogP contribution in [-0.4, -0.2) is 8.42 Å². The molecule has 0 aliphatic heterocycles. The molecule has 7 heteroatoms. The number of nitrogen functional groups attached to an aromatic ring is 1. The standard InChI is InChI=1S/C13H12F2N2O2S/c1-8-11(16)3-2-4-13(8)20(18,19)17-12-7-9(14)5-6-10(12)15/h2-7,17H,16H2,1H3. The SMILES string of the molecule is Cc1c(N)cccc1S(=O)(=O)Nc1cc(F)ccc1F. The predicted octanol–water partition coefficient (Wildman–Crippen LogP) is 2.66. The highest BCUT2D eigenvalue weighted by Gasteiger charge is 2.19. The van der Waals surface area contributed by atoms with E-state index in [1.807, 2.05) is 4.72 Å². The van der Waals surface area contributed by atoms with Crippen molar-refractivity contribution in [2.45, 2.75) is 11.8 Å². The van der Waals surface area contributed by atoms with Gasteiger partial charge in [0.15, 0.2) is 0 Å². The topological polar surface area (TPSA) is 72.2 Å². The number of anilines is 2. The Labute approximate surface area is 115 Å². The molecule has 4 nitrogen and oxygen atoms in total. The first-order chi connectivity index (χ1) is 9.31. The zero-order valence-corrected chi connectivity index (χ0v) is 11.3. The van der Waals surface area contributed by atoms with Gasteiger partial charge in [-0.1, -0.05) is 6.07 Å². The fourth-order valence-electron chi connectivity index (χ4n) is 1.70. The molecule has 3 N–H and O–H groups in total. The maximum absolute atomic E-state index is 13.5. The summed E-state index contributed by atoms with van der Waals surface area (Å²) in [5, 5.41) is 0. The van der Waals surface area contributed by atoms with Gasteiger partial charge >= 0.3 is 0 Å². The molecule has 0 spiro atoms. The van der Waals surface area contributed by atoms with Crippen molar-refractivity contribution in [3.63, 3.8) is 0 Å². The Bertz CT molecular complexity index is 761. The monoisotopic (exact) mass is 298 g/mol. The lowest BCUT2D eigenvalue weighted by Gasteiger charge is -2.12. The molecule has 20 heavy (non-hydrogen) atoms. The number of rotatable bonds is 3. The summed E-state index contributed by atoms with van der Waals surface area (Å²) in [5.41, 5.74) is 5.83. The largest absolute Gasteiger partial charge is 0.398 e. The highest BCUT2D eigenvalue weighted by atomic mass is 32.2. The molecule has 2 aromatic rings. The Balaban J connectivity index is 2.46. The Morgan fingerprint density at radius 1 is 1.15 bits per heavy atom. The van der Waals surface area contributed by atoms with Crippen molar-refractivity contribution < 1.29 is 17.2 Å². The van der Waals surface area contributed by atoms with E-state index in [-0.39, 0.29) is 4.90 Å². The van der Waals surface area contributed by atoms with Gasteiger partial charge in [-0.25, -0.2) is 17.2 Å². The van der Waals surface area contributed by atoms with Crippen LogP contribution in [0, 0.1) is 18.6 Å².